The fraction of sp³-hybridized carbons (Fsp3) is 0.143. The van der Waals surface area contributed by atoms with E-state index in [1.807, 2.05) is 24.3 Å². The molecule has 2 aromatic carbocycles. The molecule has 0 aromatic heterocycles. The summed E-state index contributed by atoms with van der Waals surface area (Å²) in [6.07, 6.45) is -3.64. The first-order valence-electron chi connectivity index (χ1n) is 5.36. The molecule has 0 nitrogen and oxygen atoms in total. The van der Waals surface area contributed by atoms with E-state index < -0.39 is 11.7 Å². The molecule has 0 saturated carbocycles. The number of alkyl halides is 3. The number of hydrogen-bond acceptors (Lipinski definition) is 0. The summed E-state index contributed by atoms with van der Waals surface area (Å²) in [5.74, 6) is 0. The minimum Gasteiger partial charge on any atom is -0.166 e. The van der Waals surface area contributed by atoms with Gasteiger partial charge in [-0.2, -0.15) is 13.2 Å². The zero-order valence-electron chi connectivity index (χ0n) is 9.34. The van der Waals surface area contributed by atoms with Gasteiger partial charge in [0.2, 0.25) is 0 Å². The van der Waals surface area contributed by atoms with Crippen LogP contribution in [-0.4, -0.2) is 0 Å². The van der Waals surface area contributed by atoms with Gasteiger partial charge in [-0.25, -0.2) is 0 Å². The summed E-state index contributed by atoms with van der Waals surface area (Å²) in [7, 11) is 0. The molecule has 0 amide bonds. The summed E-state index contributed by atoms with van der Waals surface area (Å²) in [6, 6.07) is 13.0. The molecule has 0 aliphatic rings. The van der Waals surface area contributed by atoms with Crippen molar-refractivity contribution in [3.63, 3.8) is 0 Å². The molecule has 0 radical (unpaired) electrons. The zero-order chi connectivity index (χ0) is 13.2. The molecule has 18 heavy (non-hydrogen) atoms. The molecule has 0 unspecified atom stereocenters. The molecule has 4 heteroatoms. The van der Waals surface area contributed by atoms with Gasteiger partial charge >= 0.3 is 6.18 Å². The second-order valence-electron chi connectivity index (χ2n) is 4.00. The van der Waals surface area contributed by atoms with Gasteiger partial charge in [0, 0.05) is 4.47 Å². The second kappa shape index (κ2) is 5.14. The molecule has 0 bridgehead atoms. The van der Waals surface area contributed by atoms with E-state index in [-0.39, 0.29) is 0 Å². The molecule has 0 saturated heterocycles. The molecule has 0 N–H and O–H groups in total. The number of rotatable bonds is 2. The van der Waals surface area contributed by atoms with E-state index >= 15 is 0 Å². The summed E-state index contributed by atoms with van der Waals surface area (Å²) in [4.78, 5) is 0. The van der Waals surface area contributed by atoms with E-state index in [9.17, 15) is 13.2 Å². The third kappa shape index (κ3) is 3.35. The lowest BCUT2D eigenvalue weighted by Gasteiger charge is -2.07. The first-order valence-corrected chi connectivity index (χ1v) is 6.15. The van der Waals surface area contributed by atoms with Crippen molar-refractivity contribution in [3.05, 3.63) is 69.7 Å². The van der Waals surface area contributed by atoms with Crippen molar-refractivity contribution in [2.75, 3.05) is 0 Å². The molecule has 0 fully saturated rings. The van der Waals surface area contributed by atoms with E-state index in [4.69, 9.17) is 0 Å². The molecule has 94 valence electrons. The number of halogens is 4. The highest BCUT2D eigenvalue weighted by molar-refractivity contribution is 9.10. The number of benzene rings is 2. The molecule has 0 aliphatic heterocycles. The first-order chi connectivity index (χ1) is 8.45. The molecule has 0 aliphatic carbocycles. The van der Waals surface area contributed by atoms with E-state index in [0.717, 1.165) is 27.7 Å². The lowest BCUT2D eigenvalue weighted by molar-refractivity contribution is -0.137. The van der Waals surface area contributed by atoms with Gasteiger partial charge in [0.15, 0.2) is 0 Å². The van der Waals surface area contributed by atoms with Gasteiger partial charge < -0.3 is 0 Å². The Kier molecular flexibility index (Phi) is 3.76. The Morgan fingerprint density at radius 2 is 1.22 bits per heavy atom. The molecule has 0 spiro atoms. The first kappa shape index (κ1) is 13.1. The largest absolute Gasteiger partial charge is 0.416 e. The molecule has 2 aromatic rings. The van der Waals surface area contributed by atoms with E-state index in [0.29, 0.717) is 6.42 Å². The average Bonchev–Trinajstić information content (AvgIpc) is 2.32. The Bertz CT molecular complexity index is 512. The normalized spacial score (nSPS) is 11.6. The Morgan fingerprint density at radius 1 is 0.778 bits per heavy atom. The lowest BCUT2D eigenvalue weighted by Crippen LogP contribution is -2.04. The van der Waals surface area contributed by atoms with Crippen molar-refractivity contribution in [1.82, 2.24) is 0 Å². The molecule has 2 rings (SSSR count). The third-order valence-electron chi connectivity index (χ3n) is 2.60. The maximum Gasteiger partial charge on any atom is 0.416 e. The lowest BCUT2D eigenvalue weighted by atomic mass is 10.0. The highest BCUT2D eigenvalue weighted by Crippen LogP contribution is 2.29. The predicted octanol–water partition coefficient (Wildman–Crippen LogP) is 5.06. The standard InChI is InChI=1S/C14H10BrF3/c15-13-7-3-11(4-8-13)9-10-1-5-12(6-2-10)14(16,17)18/h1-8H,9H2. The Hall–Kier alpha value is -1.29. The van der Waals surface area contributed by atoms with Crippen LogP contribution in [0.1, 0.15) is 16.7 Å². The monoisotopic (exact) mass is 314 g/mol. The SMILES string of the molecule is FC(F)(F)c1ccc(Cc2ccc(Br)cc2)cc1. The van der Waals surface area contributed by atoms with Crippen molar-refractivity contribution < 1.29 is 13.2 Å². The summed E-state index contributed by atoms with van der Waals surface area (Å²) < 4.78 is 38.1. The van der Waals surface area contributed by atoms with Crippen LogP contribution in [0.25, 0.3) is 0 Å². The van der Waals surface area contributed by atoms with E-state index in [1.54, 1.807) is 0 Å². The minimum absolute atomic E-state index is 0.609. The highest BCUT2D eigenvalue weighted by atomic mass is 79.9. The summed E-state index contributed by atoms with van der Waals surface area (Å²) in [5, 5.41) is 0. The smallest absolute Gasteiger partial charge is 0.166 e. The van der Waals surface area contributed by atoms with Crippen molar-refractivity contribution >= 4 is 15.9 Å². The van der Waals surface area contributed by atoms with Crippen LogP contribution in [0.2, 0.25) is 0 Å². The fourth-order valence-corrected chi connectivity index (χ4v) is 1.91. The summed E-state index contributed by atoms with van der Waals surface area (Å²) >= 11 is 3.34. The summed E-state index contributed by atoms with van der Waals surface area (Å²) in [5.41, 5.74) is 1.32. The molecule has 0 heterocycles. The van der Waals surface area contributed by atoms with Gasteiger partial charge in [-0.15, -0.1) is 0 Å². The molecular formula is C14H10BrF3. The predicted molar refractivity (Wildman–Crippen MR) is 68.4 cm³/mol. The van der Waals surface area contributed by atoms with Gasteiger partial charge in [0.25, 0.3) is 0 Å². The van der Waals surface area contributed by atoms with Crippen LogP contribution in [0.15, 0.2) is 53.0 Å². The topological polar surface area (TPSA) is 0 Å². The Balaban J connectivity index is 2.13. The maximum absolute atomic E-state index is 12.4. The van der Waals surface area contributed by atoms with Crippen LogP contribution in [0.3, 0.4) is 0 Å². The van der Waals surface area contributed by atoms with Crippen molar-refractivity contribution in [2.45, 2.75) is 12.6 Å². The Labute approximate surface area is 112 Å². The zero-order valence-corrected chi connectivity index (χ0v) is 10.9. The van der Waals surface area contributed by atoms with Crippen molar-refractivity contribution in [1.29, 1.82) is 0 Å². The number of hydrogen-bond donors (Lipinski definition) is 0. The van der Waals surface area contributed by atoms with Crippen molar-refractivity contribution in [3.8, 4) is 0 Å². The highest BCUT2D eigenvalue weighted by Gasteiger charge is 2.29. The Morgan fingerprint density at radius 3 is 1.67 bits per heavy atom. The van der Waals surface area contributed by atoms with Crippen LogP contribution in [0.5, 0.6) is 0 Å². The minimum atomic E-state index is -4.27. The quantitative estimate of drug-likeness (QED) is 0.727. The van der Waals surface area contributed by atoms with Gasteiger partial charge in [0.05, 0.1) is 5.56 Å². The van der Waals surface area contributed by atoms with Gasteiger partial charge in [0.1, 0.15) is 0 Å². The van der Waals surface area contributed by atoms with Crippen molar-refractivity contribution in [2.24, 2.45) is 0 Å². The molecule has 0 atom stereocenters. The third-order valence-corrected chi connectivity index (χ3v) is 3.13. The van der Waals surface area contributed by atoms with E-state index in [2.05, 4.69) is 15.9 Å². The fourth-order valence-electron chi connectivity index (χ4n) is 1.65. The van der Waals surface area contributed by atoms with Crippen LogP contribution in [0.4, 0.5) is 13.2 Å². The van der Waals surface area contributed by atoms with Gasteiger partial charge in [-0.05, 0) is 41.8 Å². The van der Waals surface area contributed by atoms with Crippen LogP contribution in [0, 0.1) is 0 Å². The maximum atomic E-state index is 12.4. The molecular weight excluding hydrogens is 305 g/mol. The van der Waals surface area contributed by atoms with Crippen LogP contribution >= 0.6 is 15.9 Å². The van der Waals surface area contributed by atoms with Crippen LogP contribution < -0.4 is 0 Å². The van der Waals surface area contributed by atoms with Gasteiger partial charge in [-0.3, -0.25) is 0 Å². The second-order valence-corrected chi connectivity index (χ2v) is 4.91. The van der Waals surface area contributed by atoms with Crippen LogP contribution in [-0.2, 0) is 12.6 Å². The average molecular weight is 315 g/mol. The summed E-state index contributed by atoms with van der Waals surface area (Å²) in [6.45, 7) is 0. The van der Waals surface area contributed by atoms with Gasteiger partial charge in [-0.1, -0.05) is 40.2 Å². The van der Waals surface area contributed by atoms with E-state index in [1.165, 1.54) is 12.1 Å².